The number of aromatic nitrogens is 1. The van der Waals surface area contributed by atoms with Crippen molar-refractivity contribution in [3.05, 3.63) is 77.1 Å². The van der Waals surface area contributed by atoms with Crippen molar-refractivity contribution in [3.63, 3.8) is 0 Å². The minimum atomic E-state index is -0.594. The Bertz CT molecular complexity index is 1370. The molecule has 2 heterocycles. The Kier molecular flexibility index (Phi) is 9.75. The molecule has 2 amide bonds. The summed E-state index contributed by atoms with van der Waals surface area (Å²) in [6.07, 6.45) is 1.44. The van der Waals surface area contributed by atoms with Crippen molar-refractivity contribution in [1.29, 1.82) is 0 Å². The van der Waals surface area contributed by atoms with E-state index in [2.05, 4.69) is 46.0 Å². The molecule has 4 N–H and O–H groups in total. The number of nitrogens with two attached hydrogens (primary N) is 1. The van der Waals surface area contributed by atoms with E-state index in [0.717, 1.165) is 43.1 Å². The highest BCUT2D eigenvalue weighted by Gasteiger charge is 2.22. The van der Waals surface area contributed by atoms with Crippen molar-refractivity contribution in [3.8, 4) is 0 Å². The lowest BCUT2D eigenvalue weighted by molar-refractivity contribution is -0.349. The van der Waals surface area contributed by atoms with Crippen LogP contribution < -0.4 is 21.3 Å². The maximum absolute atomic E-state index is 12.6. The zero-order valence-electron chi connectivity index (χ0n) is 23.7. The van der Waals surface area contributed by atoms with Crippen LogP contribution in [0.3, 0.4) is 0 Å². The maximum Gasteiger partial charge on any atom is 0.252 e. The Morgan fingerprint density at radius 1 is 1.07 bits per heavy atom. The summed E-state index contributed by atoms with van der Waals surface area (Å²) in [6.45, 7) is 13.1. The third kappa shape index (κ3) is 7.73. The smallest absolute Gasteiger partial charge is 0.252 e. The lowest BCUT2D eigenvalue weighted by Crippen LogP contribution is -2.51. The van der Waals surface area contributed by atoms with Crippen LogP contribution in [0, 0.1) is 5.21 Å². The summed E-state index contributed by atoms with van der Waals surface area (Å²) in [5, 5.41) is 18.0. The number of primary amides is 1. The third-order valence-electron chi connectivity index (χ3n) is 7.24. The first-order valence-electron chi connectivity index (χ1n) is 13.8. The Hall–Kier alpha value is -4.64. The van der Waals surface area contributed by atoms with E-state index >= 15 is 0 Å². The van der Waals surface area contributed by atoms with Crippen LogP contribution in [0.1, 0.15) is 29.8 Å². The number of carbonyl (C=O) groups excluding carboxylic acids is 2. The van der Waals surface area contributed by atoms with Gasteiger partial charge in [0.25, 0.3) is 5.91 Å². The van der Waals surface area contributed by atoms with Crippen LogP contribution in [0.4, 0.5) is 28.6 Å². The summed E-state index contributed by atoms with van der Waals surface area (Å²) in [4.78, 5) is 35.4. The maximum atomic E-state index is 12.6. The molecule has 1 aliphatic rings. The fourth-order valence-corrected chi connectivity index (χ4v) is 4.74. The molecule has 11 heteroatoms. The highest BCUT2D eigenvalue weighted by molar-refractivity contribution is 5.98. The Balaban J connectivity index is 1.37. The SMILES string of the molecule is C=[N+]([O-])c1cccc(CNc2cc(Nc3ccc(N4CCN(C(=O)CN(CC)CC)CC4)cc3)ncc2C(N)=O)c1. The largest absolute Gasteiger partial charge is 0.619 e. The summed E-state index contributed by atoms with van der Waals surface area (Å²) in [6, 6.07) is 16.8. The second-order valence-corrected chi connectivity index (χ2v) is 9.88. The number of hydrogen-bond acceptors (Lipinski definition) is 8. The number of carbonyl (C=O) groups is 2. The number of piperazine rings is 1. The number of hydrogen-bond donors (Lipinski definition) is 3. The van der Waals surface area contributed by atoms with Gasteiger partial charge in [-0.2, -0.15) is 4.74 Å². The average molecular weight is 559 g/mol. The standard InChI is InChI=1S/C30H38N8O3/c1-4-36(5-2)21-29(39)38-15-13-37(14-16-38)24-11-9-23(10-12-24)34-28-18-27(26(20-33-28)30(31)40)32-19-22-7-6-8-25(17-22)35(3)41/h6-12,17-18,20H,3-5,13-16,19,21H2,1-2H3,(H2,31,40)(H2,32,33,34). The average Bonchev–Trinajstić information content (AvgIpc) is 2.99. The van der Waals surface area contributed by atoms with Gasteiger partial charge in [0, 0.05) is 68.5 Å². The van der Waals surface area contributed by atoms with E-state index in [1.165, 1.54) is 6.20 Å². The van der Waals surface area contributed by atoms with Gasteiger partial charge in [-0.1, -0.05) is 26.0 Å². The van der Waals surface area contributed by atoms with Crippen LogP contribution >= 0.6 is 0 Å². The minimum absolute atomic E-state index is 0.192. The van der Waals surface area contributed by atoms with E-state index in [0.29, 0.717) is 48.1 Å². The normalized spacial score (nSPS) is 13.2. The van der Waals surface area contributed by atoms with Gasteiger partial charge >= 0.3 is 0 Å². The number of nitrogens with one attached hydrogen (secondary N) is 2. The van der Waals surface area contributed by atoms with E-state index in [-0.39, 0.29) is 11.5 Å². The molecule has 41 heavy (non-hydrogen) atoms. The molecule has 4 rings (SSSR count). The van der Waals surface area contributed by atoms with E-state index in [1.54, 1.807) is 24.3 Å². The number of benzene rings is 2. The number of rotatable bonds is 12. The molecule has 1 saturated heterocycles. The first-order chi connectivity index (χ1) is 19.8. The van der Waals surface area contributed by atoms with Gasteiger partial charge in [0.15, 0.2) is 0 Å². The summed E-state index contributed by atoms with van der Waals surface area (Å²) in [5.41, 5.74) is 9.57. The quantitative estimate of drug-likeness (QED) is 0.133. The Labute approximate surface area is 240 Å². The van der Waals surface area contributed by atoms with Crippen molar-refractivity contribution < 1.29 is 14.3 Å². The topological polar surface area (TPSA) is 133 Å². The predicted molar refractivity (Wildman–Crippen MR) is 163 cm³/mol. The van der Waals surface area contributed by atoms with E-state index < -0.39 is 5.91 Å². The zero-order chi connectivity index (χ0) is 29.4. The molecule has 0 radical (unpaired) electrons. The van der Waals surface area contributed by atoms with Gasteiger partial charge in [-0.3, -0.25) is 14.5 Å². The van der Waals surface area contributed by atoms with Gasteiger partial charge in [0.2, 0.25) is 11.6 Å². The molecule has 0 aliphatic carbocycles. The van der Waals surface area contributed by atoms with Gasteiger partial charge in [-0.15, -0.1) is 0 Å². The fourth-order valence-electron chi connectivity index (χ4n) is 4.74. The summed E-state index contributed by atoms with van der Waals surface area (Å²) >= 11 is 0. The predicted octanol–water partition coefficient (Wildman–Crippen LogP) is 3.37. The first kappa shape index (κ1) is 29.3. The molecule has 1 aromatic heterocycles. The molecule has 0 atom stereocenters. The van der Waals surface area contributed by atoms with Gasteiger partial charge in [-0.05, 0) is 42.9 Å². The number of anilines is 4. The van der Waals surface area contributed by atoms with Crippen LogP contribution in [0.15, 0.2) is 60.8 Å². The molecule has 1 fully saturated rings. The molecule has 1 aliphatic heterocycles. The molecule has 3 aromatic rings. The molecule has 0 unspecified atom stereocenters. The van der Waals surface area contributed by atoms with Gasteiger partial charge < -0.3 is 31.4 Å². The lowest BCUT2D eigenvalue weighted by Gasteiger charge is -2.37. The summed E-state index contributed by atoms with van der Waals surface area (Å²) in [5.74, 6) is 0.142. The first-order valence-corrected chi connectivity index (χ1v) is 13.8. The zero-order valence-corrected chi connectivity index (χ0v) is 23.7. The lowest BCUT2D eigenvalue weighted by atomic mass is 10.1. The van der Waals surface area contributed by atoms with Crippen molar-refractivity contribution in [2.45, 2.75) is 20.4 Å². The Morgan fingerprint density at radius 2 is 1.78 bits per heavy atom. The van der Waals surface area contributed by atoms with E-state index in [9.17, 15) is 14.8 Å². The molecular weight excluding hydrogens is 520 g/mol. The van der Waals surface area contributed by atoms with Gasteiger partial charge in [-0.25, -0.2) is 4.98 Å². The molecule has 0 bridgehead atoms. The van der Waals surface area contributed by atoms with Crippen molar-refractivity contribution >= 4 is 47.1 Å². The molecule has 216 valence electrons. The van der Waals surface area contributed by atoms with Gasteiger partial charge in [0.05, 0.1) is 17.8 Å². The monoisotopic (exact) mass is 558 g/mol. The van der Waals surface area contributed by atoms with Gasteiger partial charge in [0.1, 0.15) is 12.5 Å². The second kappa shape index (κ2) is 13.6. The molecule has 0 spiro atoms. The molecule has 11 nitrogen and oxygen atoms in total. The van der Waals surface area contributed by atoms with Crippen LogP contribution in [-0.2, 0) is 11.3 Å². The number of nitrogens with zero attached hydrogens (tertiary/aromatic N) is 5. The molecule has 2 aromatic carbocycles. The van der Waals surface area contributed by atoms with Crippen LogP contribution in [0.25, 0.3) is 0 Å². The van der Waals surface area contributed by atoms with E-state index in [4.69, 9.17) is 5.73 Å². The number of amides is 2. The summed E-state index contributed by atoms with van der Waals surface area (Å²) in [7, 11) is 0. The highest BCUT2D eigenvalue weighted by Crippen LogP contribution is 2.25. The third-order valence-corrected chi connectivity index (χ3v) is 7.24. The van der Waals surface area contributed by atoms with Crippen LogP contribution in [0.5, 0.6) is 0 Å². The number of pyridine rings is 1. The van der Waals surface area contributed by atoms with E-state index in [1.807, 2.05) is 35.2 Å². The van der Waals surface area contributed by atoms with Crippen molar-refractivity contribution in [1.82, 2.24) is 14.8 Å². The van der Waals surface area contributed by atoms with Crippen LogP contribution in [0.2, 0.25) is 0 Å². The van der Waals surface area contributed by atoms with Crippen molar-refractivity contribution in [2.75, 3.05) is 61.3 Å². The van der Waals surface area contributed by atoms with Crippen LogP contribution in [-0.4, -0.2) is 83.9 Å². The Morgan fingerprint density at radius 3 is 2.41 bits per heavy atom. The molecule has 0 saturated carbocycles. The fraction of sp³-hybridized carbons (Fsp3) is 0.333. The molecular formula is C30H38N8O3. The van der Waals surface area contributed by atoms with Crippen molar-refractivity contribution in [2.24, 2.45) is 5.73 Å². The minimum Gasteiger partial charge on any atom is -0.619 e. The summed E-state index contributed by atoms with van der Waals surface area (Å²) < 4.78 is 0.549. The number of likely N-dealkylation sites (N-methyl/N-ethyl adjacent to an activating group) is 1. The second-order valence-electron chi connectivity index (χ2n) is 9.88. The highest BCUT2D eigenvalue weighted by atomic mass is 16.5.